The first-order valence-electron chi connectivity index (χ1n) is 7.65. The molecular weight excluding hydrogens is 292 g/mol. The van der Waals surface area contributed by atoms with Crippen molar-refractivity contribution < 1.29 is 14.2 Å². The number of para-hydroxylation sites is 2. The van der Waals surface area contributed by atoms with E-state index in [0.29, 0.717) is 24.7 Å². The predicted molar refractivity (Wildman–Crippen MR) is 89.8 cm³/mol. The van der Waals surface area contributed by atoms with E-state index in [9.17, 15) is 0 Å². The fourth-order valence-corrected chi connectivity index (χ4v) is 2.41. The summed E-state index contributed by atoms with van der Waals surface area (Å²) in [5.41, 5.74) is 0.918. The van der Waals surface area contributed by atoms with E-state index >= 15 is 0 Å². The minimum absolute atomic E-state index is 0.426. The van der Waals surface area contributed by atoms with Gasteiger partial charge in [0.15, 0.2) is 11.5 Å². The standard InChI is InChI=1S/C18H20N2O3/c1-21-16-9-5-8-15(18-19-10-11-20-18)17(16)23-13-12-22-14-6-3-2-4-7-14/h2-9H,10-13H2,1H3,(H,19,20). The van der Waals surface area contributed by atoms with Gasteiger partial charge in [0.2, 0.25) is 0 Å². The molecule has 0 fully saturated rings. The van der Waals surface area contributed by atoms with Gasteiger partial charge in [-0.3, -0.25) is 4.99 Å². The number of benzene rings is 2. The van der Waals surface area contributed by atoms with Gasteiger partial charge in [-0.2, -0.15) is 0 Å². The summed E-state index contributed by atoms with van der Waals surface area (Å²) in [7, 11) is 1.64. The van der Waals surface area contributed by atoms with Gasteiger partial charge in [-0.15, -0.1) is 0 Å². The zero-order valence-electron chi connectivity index (χ0n) is 13.1. The Hall–Kier alpha value is -2.69. The van der Waals surface area contributed by atoms with Crippen LogP contribution in [0.2, 0.25) is 0 Å². The van der Waals surface area contributed by atoms with Crippen LogP contribution in [0.4, 0.5) is 0 Å². The molecular formula is C18H20N2O3. The molecule has 0 bridgehead atoms. The summed E-state index contributed by atoms with van der Waals surface area (Å²) in [4.78, 5) is 4.46. The molecule has 0 saturated carbocycles. The summed E-state index contributed by atoms with van der Waals surface area (Å²) in [6.45, 7) is 2.52. The molecule has 1 aliphatic rings. The van der Waals surface area contributed by atoms with Gasteiger partial charge in [0.25, 0.3) is 0 Å². The molecule has 0 spiro atoms. The summed E-state index contributed by atoms with van der Waals surface area (Å²) in [6.07, 6.45) is 0. The van der Waals surface area contributed by atoms with Gasteiger partial charge in [-0.25, -0.2) is 0 Å². The Balaban J connectivity index is 1.66. The second-order valence-electron chi connectivity index (χ2n) is 5.00. The zero-order chi connectivity index (χ0) is 15.9. The van der Waals surface area contributed by atoms with E-state index in [0.717, 1.165) is 30.2 Å². The maximum atomic E-state index is 5.92. The summed E-state index contributed by atoms with van der Waals surface area (Å²) >= 11 is 0. The molecule has 2 aromatic carbocycles. The molecule has 1 aliphatic heterocycles. The van der Waals surface area contributed by atoms with E-state index in [-0.39, 0.29) is 0 Å². The summed E-state index contributed by atoms with van der Waals surface area (Å²) < 4.78 is 17.0. The second kappa shape index (κ2) is 7.54. The van der Waals surface area contributed by atoms with E-state index < -0.39 is 0 Å². The lowest BCUT2D eigenvalue weighted by Crippen LogP contribution is -2.21. The Bertz CT molecular complexity index is 671. The fraction of sp³-hybridized carbons (Fsp3) is 0.278. The number of aliphatic imine (C=N–C) groups is 1. The molecule has 0 aromatic heterocycles. The quantitative estimate of drug-likeness (QED) is 0.798. The SMILES string of the molecule is COc1cccc(C2=NCCN2)c1OCCOc1ccccc1. The Labute approximate surface area is 135 Å². The van der Waals surface area contributed by atoms with Crippen LogP contribution >= 0.6 is 0 Å². The minimum Gasteiger partial charge on any atom is -0.493 e. The van der Waals surface area contributed by atoms with Crippen LogP contribution in [0.25, 0.3) is 0 Å². The number of nitrogens with zero attached hydrogens (tertiary/aromatic N) is 1. The van der Waals surface area contributed by atoms with Crippen molar-refractivity contribution in [2.45, 2.75) is 0 Å². The molecule has 3 rings (SSSR count). The molecule has 23 heavy (non-hydrogen) atoms. The number of nitrogens with one attached hydrogen (secondary N) is 1. The van der Waals surface area contributed by atoms with E-state index in [2.05, 4.69) is 10.3 Å². The molecule has 0 unspecified atom stereocenters. The molecule has 120 valence electrons. The Kier molecular flexibility index (Phi) is 4.99. The van der Waals surface area contributed by atoms with Crippen molar-refractivity contribution in [3.63, 3.8) is 0 Å². The van der Waals surface area contributed by atoms with Crippen LogP contribution in [0.1, 0.15) is 5.56 Å². The highest BCUT2D eigenvalue weighted by atomic mass is 16.5. The number of rotatable bonds is 7. The van der Waals surface area contributed by atoms with Crippen LogP contribution in [-0.4, -0.2) is 39.2 Å². The van der Waals surface area contributed by atoms with Crippen LogP contribution in [0, 0.1) is 0 Å². The van der Waals surface area contributed by atoms with Crippen LogP contribution in [0.15, 0.2) is 53.5 Å². The van der Waals surface area contributed by atoms with Gasteiger partial charge in [-0.05, 0) is 24.3 Å². The van der Waals surface area contributed by atoms with Gasteiger partial charge >= 0.3 is 0 Å². The first kappa shape index (κ1) is 15.2. The van der Waals surface area contributed by atoms with Gasteiger partial charge in [0.05, 0.1) is 19.2 Å². The molecule has 5 heteroatoms. The molecule has 2 aromatic rings. The normalized spacial score (nSPS) is 13.2. The van der Waals surface area contributed by atoms with Crippen molar-refractivity contribution in [2.75, 3.05) is 33.4 Å². The first-order valence-corrected chi connectivity index (χ1v) is 7.65. The van der Waals surface area contributed by atoms with Crippen molar-refractivity contribution in [3.8, 4) is 17.2 Å². The molecule has 0 atom stereocenters. The number of hydrogen-bond donors (Lipinski definition) is 1. The van der Waals surface area contributed by atoms with E-state index in [1.54, 1.807) is 7.11 Å². The largest absolute Gasteiger partial charge is 0.493 e. The minimum atomic E-state index is 0.426. The van der Waals surface area contributed by atoms with Crippen molar-refractivity contribution in [2.24, 2.45) is 4.99 Å². The van der Waals surface area contributed by atoms with Crippen LogP contribution < -0.4 is 19.5 Å². The van der Waals surface area contributed by atoms with E-state index in [4.69, 9.17) is 14.2 Å². The van der Waals surface area contributed by atoms with Crippen LogP contribution in [-0.2, 0) is 0 Å². The van der Waals surface area contributed by atoms with Crippen molar-refractivity contribution in [1.82, 2.24) is 5.32 Å². The van der Waals surface area contributed by atoms with Gasteiger partial charge in [-0.1, -0.05) is 24.3 Å². The number of methoxy groups -OCH3 is 1. The van der Waals surface area contributed by atoms with Gasteiger partial charge < -0.3 is 19.5 Å². The highest BCUT2D eigenvalue weighted by Crippen LogP contribution is 2.31. The Morgan fingerprint density at radius 2 is 1.83 bits per heavy atom. The second-order valence-corrected chi connectivity index (χ2v) is 5.00. The van der Waals surface area contributed by atoms with Crippen molar-refractivity contribution >= 4 is 5.84 Å². The summed E-state index contributed by atoms with van der Waals surface area (Å²) in [6, 6.07) is 15.5. The highest BCUT2D eigenvalue weighted by Gasteiger charge is 2.17. The smallest absolute Gasteiger partial charge is 0.172 e. The third-order valence-electron chi connectivity index (χ3n) is 3.47. The number of amidine groups is 1. The number of ether oxygens (including phenoxy) is 3. The molecule has 0 saturated heterocycles. The molecule has 1 N–H and O–H groups in total. The highest BCUT2D eigenvalue weighted by molar-refractivity contribution is 6.02. The number of hydrogen-bond acceptors (Lipinski definition) is 5. The maximum Gasteiger partial charge on any atom is 0.172 e. The third kappa shape index (κ3) is 3.74. The van der Waals surface area contributed by atoms with Gasteiger partial charge in [0, 0.05) is 6.54 Å². The molecule has 0 aliphatic carbocycles. The molecule has 1 heterocycles. The first-order chi connectivity index (χ1) is 11.4. The maximum absolute atomic E-state index is 5.92. The Morgan fingerprint density at radius 1 is 1.00 bits per heavy atom. The van der Waals surface area contributed by atoms with E-state index in [1.807, 2.05) is 48.5 Å². The third-order valence-corrected chi connectivity index (χ3v) is 3.47. The lowest BCUT2D eigenvalue weighted by Gasteiger charge is -2.15. The average Bonchev–Trinajstić information content (AvgIpc) is 3.14. The molecule has 0 amide bonds. The Morgan fingerprint density at radius 3 is 2.57 bits per heavy atom. The van der Waals surface area contributed by atoms with Gasteiger partial charge in [0.1, 0.15) is 24.8 Å². The lowest BCUT2D eigenvalue weighted by molar-refractivity contribution is 0.211. The average molecular weight is 312 g/mol. The lowest BCUT2D eigenvalue weighted by atomic mass is 10.1. The zero-order valence-corrected chi connectivity index (χ0v) is 13.1. The summed E-state index contributed by atoms with van der Waals surface area (Å²) in [5.74, 6) is 3.07. The van der Waals surface area contributed by atoms with E-state index in [1.165, 1.54) is 0 Å². The molecule has 0 radical (unpaired) electrons. The van der Waals surface area contributed by atoms with Crippen molar-refractivity contribution in [1.29, 1.82) is 0 Å². The summed E-state index contributed by atoms with van der Waals surface area (Å²) in [5, 5.41) is 3.26. The van der Waals surface area contributed by atoms with Crippen LogP contribution in [0.3, 0.4) is 0 Å². The molecule has 5 nitrogen and oxygen atoms in total. The fourth-order valence-electron chi connectivity index (χ4n) is 2.41. The monoisotopic (exact) mass is 312 g/mol. The topological polar surface area (TPSA) is 52.1 Å². The predicted octanol–water partition coefficient (Wildman–Crippen LogP) is 2.50. The van der Waals surface area contributed by atoms with Crippen LogP contribution in [0.5, 0.6) is 17.2 Å². The van der Waals surface area contributed by atoms with Crippen molar-refractivity contribution in [3.05, 3.63) is 54.1 Å².